The van der Waals surface area contributed by atoms with Gasteiger partial charge in [-0.05, 0) is 17.7 Å². The first-order valence-corrected chi connectivity index (χ1v) is 7.68. The van der Waals surface area contributed by atoms with Crippen LogP contribution in [0.25, 0.3) is 0 Å². The summed E-state index contributed by atoms with van der Waals surface area (Å²) >= 11 is 0. The van der Waals surface area contributed by atoms with Crippen LogP contribution < -0.4 is 5.32 Å². The summed E-state index contributed by atoms with van der Waals surface area (Å²) in [6.45, 7) is 0. The van der Waals surface area contributed by atoms with Crippen LogP contribution in [0.2, 0.25) is 0 Å². The summed E-state index contributed by atoms with van der Waals surface area (Å²) in [6, 6.07) is 0.972. The molecule has 0 aliphatic rings. The van der Waals surface area contributed by atoms with Crippen LogP contribution in [0.15, 0.2) is 18.2 Å². The van der Waals surface area contributed by atoms with Gasteiger partial charge in [0, 0.05) is 6.07 Å². The molecule has 0 saturated heterocycles. The van der Waals surface area contributed by atoms with Crippen molar-refractivity contribution in [1.82, 2.24) is 5.32 Å². The SMILES string of the molecule is COC(=O)C[C@@H](C(=O)OC)[C@H](NC(=O)Cc1cc(F)cc(F)c1)C(=O)OC. The number of benzene rings is 1. The molecule has 0 bridgehead atoms. The molecule has 0 aliphatic heterocycles. The van der Waals surface area contributed by atoms with Gasteiger partial charge in [-0.15, -0.1) is 0 Å². The monoisotopic (exact) mass is 387 g/mol. The predicted octanol–water partition coefficient (Wildman–Crippen LogP) is 0.517. The van der Waals surface area contributed by atoms with Crippen molar-refractivity contribution in [2.45, 2.75) is 18.9 Å². The Bertz CT molecular complexity index is 703. The molecule has 0 aliphatic carbocycles. The first kappa shape index (κ1) is 22.0. The first-order chi connectivity index (χ1) is 12.7. The third kappa shape index (κ3) is 6.65. The van der Waals surface area contributed by atoms with Gasteiger partial charge in [0.05, 0.1) is 40.1 Å². The second-order valence-electron chi connectivity index (χ2n) is 5.43. The number of ether oxygens (including phenoxy) is 3. The maximum absolute atomic E-state index is 13.2. The van der Waals surface area contributed by atoms with Crippen molar-refractivity contribution in [2.24, 2.45) is 5.92 Å². The van der Waals surface area contributed by atoms with Gasteiger partial charge < -0.3 is 19.5 Å². The summed E-state index contributed by atoms with van der Waals surface area (Å²) in [5.74, 6) is -6.76. The zero-order valence-corrected chi connectivity index (χ0v) is 14.9. The van der Waals surface area contributed by atoms with Crippen molar-refractivity contribution in [3.8, 4) is 0 Å². The van der Waals surface area contributed by atoms with Crippen LogP contribution in [0.5, 0.6) is 0 Å². The maximum Gasteiger partial charge on any atom is 0.329 e. The Labute approximate surface area is 153 Å². The minimum atomic E-state index is -1.56. The maximum atomic E-state index is 13.2. The van der Waals surface area contributed by atoms with E-state index in [1.165, 1.54) is 0 Å². The van der Waals surface area contributed by atoms with Gasteiger partial charge >= 0.3 is 17.9 Å². The van der Waals surface area contributed by atoms with E-state index in [0.29, 0.717) is 6.07 Å². The van der Waals surface area contributed by atoms with Crippen molar-refractivity contribution in [1.29, 1.82) is 0 Å². The van der Waals surface area contributed by atoms with Crippen molar-refractivity contribution in [3.05, 3.63) is 35.4 Å². The van der Waals surface area contributed by atoms with Crippen molar-refractivity contribution >= 4 is 23.8 Å². The summed E-state index contributed by atoms with van der Waals surface area (Å²) in [6.07, 6.45) is -1.04. The minimum Gasteiger partial charge on any atom is -0.469 e. The standard InChI is InChI=1S/C17H19F2NO7/c1-25-14(22)8-12(16(23)26-2)15(17(24)27-3)20-13(21)6-9-4-10(18)7-11(19)5-9/h4-5,7,12,15H,6,8H2,1-3H3,(H,20,21)/t12-,15+/m1/s1. The van der Waals surface area contributed by atoms with E-state index < -0.39 is 60.3 Å². The van der Waals surface area contributed by atoms with E-state index in [-0.39, 0.29) is 5.56 Å². The van der Waals surface area contributed by atoms with E-state index in [0.717, 1.165) is 33.5 Å². The van der Waals surface area contributed by atoms with Crippen LogP contribution in [-0.4, -0.2) is 51.2 Å². The molecule has 2 atom stereocenters. The Kier molecular flexibility index (Phi) is 8.31. The number of amides is 1. The molecule has 1 amide bonds. The van der Waals surface area contributed by atoms with Crippen LogP contribution in [0.4, 0.5) is 8.78 Å². The number of methoxy groups -OCH3 is 3. The Morgan fingerprint density at radius 1 is 0.926 bits per heavy atom. The minimum absolute atomic E-state index is 0.0104. The zero-order chi connectivity index (χ0) is 20.6. The number of nitrogens with one attached hydrogen (secondary N) is 1. The molecular weight excluding hydrogens is 368 g/mol. The Morgan fingerprint density at radius 2 is 1.48 bits per heavy atom. The van der Waals surface area contributed by atoms with Crippen LogP contribution >= 0.6 is 0 Å². The molecule has 0 heterocycles. The Balaban J connectivity index is 3.03. The molecule has 148 valence electrons. The second-order valence-corrected chi connectivity index (χ2v) is 5.43. The number of halogens is 2. The smallest absolute Gasteiger partial charge is 0.329 e. The lowest BCUT2D eigenvalue weighted by Crippen LogP contribution is -2.50. The highest BCUT2D eigenvalue weighted by atomic mass is 19.1. The summed E-state index contributed by atoms with van der Waals surface area (Å²) in [5, 5.41) is 2.23. The van der Waals surface area contributed by atoms with Gasteiger partial charge in [0.25, 0.3) is 0 Å². The number of esters is 3. The predicted molar refractivity (Wildman–Crippen MR) is 86.1 cm³/mol. The fourth-order valence-corrected chi connectivity index (χ4v) is 2.33. The number of hydrogen-bond acceptors (Lipinski definition) is 7. The molecule has 0 radical (unpaired) electrons. The zero-order valence-electron chi connectivity index (χ0n) is 14.9. The highest BCUT2D eigenvalue weighted by molar-refractivity contribution is 5.91. The van der Waals surface area contributed by atoms with Gasteiger partial charge in [0.2, 0.25) is 5.91 Å². The molecule has 10 heteroatoms. The third-order valence-electron chi connectivity index (χ3n) is 3.58. The summed E-state index contributed by atoms with van der Waals surface area (Å²) in [5.41, 5.74) is 0.0104. The average Bonchev–Trinajstić information content (AvgIpc) is 2.61. The van der Waals surface area contributed by atoms with Crippen LogP contribution in [-0.2, 0) is 39.8 Å². The lowest BCUT2D eigenvalue weighted by molar-refractivity contribution is -0.159. The molecule has 1 aromatic carbocycles. The number of carbonyl (C=O) groups excluding carboxylic acids is 4. The summed E-state index contributed by atoms with van der Waals surface area (Å²) in [4.78, 5) is 47.7. The molecule has 1 aromatic rings. The number of rotatable bonds is 8. The quantitative estimate of drug-likeness (QED) is 0.512. The van der Waals surface area contributed by atoms with Gasteiger partial charge in [-0.25, -0.2) is 13.6 Å². The average molecular weight is 387 g/mol. The summed E-state index contributed by atoms with van der Waals surface area (Å²) < 4.78 is 40.0. The van der Waals surface area contributed by atoms with Gasteiger partial charge in [0.1, 0.15) is 17.7 Å². The number of hydrogen-bond donors (Lipinski definition) is 1. The number of carbonyl (C=O) groups is 4. The summed E-state index contributed by atoms with van der Waals surface area (Å²) in [7, 11) is 3.15. The van der Waals surface area contributed by atoms with E-state index in [1.54, 1.807) is 0 Å². The molecule has 1 N–H and O–H groups in total. The van der Waals surface area contributed by atoms with Crippen molar-refractivity contribution in [2.75, 3.05) is 21.3 Å². The Hall–Kier alpha value is -3.04. The van der Waals surface area contributed by atoms with Crippen LogP contribution in [0.3, 0.4) is 0 Å². The molecule has 0 unspecified atom stereocenters. The van der Waals surface area contributed by atoms with Crippen LogP contribution in [0, 0.1) is 17.6 Å². The first-order valence-electron chi connectivity index (χ1n) is 7.68. The van der Waals surface area contributed by atoms with Gasteiger partial charge in [0.15, 0.2) is 0 Å². The lowest BCUT2D eigenvalue weighted by Gasteiger charge is -2.23. The third-order valence-corrected chi connectivity index (χ3v) is 3.58. The topological polar surface area (TPSA) is 108 Å². The molecule has 0 fully saturated rings. The molecule has 0 aromatic heterocycles. The van der Waals surface area contributed by atoms with Crippen molar-refractivity contribution < 1.29 is 42.2 Å². The van der Waals surface area contributed by atoms with Crippen molar-refractivity contribution in [3.63, 3.8) is 0 Å². The van der Waals surface area contributed by atoms with Gasteiger partial charge in [-0.1, -0.05) is 0 Å². The largest absolute Gasteiger partial charge is 0.469 e. The normalized spacial score (nSPS) is 12.5. The van der Waals surface area contributed by atoms with E-state index >= 15 is 0 Å². The fourth-order valence-electron chi connectivity index (χ4n) is 2.33. The second kappa shape index (κ2) is 10.2. The molecule has 0 spiro atoms. The fraction of sp³-hybridized carbons (Fsp3) is 0.412. The van der Waals surface area contributed by atoms with Gasteiger partial charge in [-0.2, -0.15) is 0 Å². The van der Waals surface area contributed by atoms with Crippen LogP contribution in [0.1, 0.15) is 12.0 Å². The molecular formula is C17H19F2NO7. The lowest BCUT2D eigenvalue weighted by atomic mass is 9.95. The highest BCUT2D eigenvalue weighted by Gasteiger charge is 2.38. The molecule has 8 nitrogen and oxygen atoms in total. The van der Waals surface area contributed by atoms with E-state index in [2.05, 4.69) is 19.5 Å². The highest BCUT2D eigenvalue weighted by Crippen LogP contribution is 2.15. The van der Waals surface area contributed by atoms with E-state index in [9.17, 15) is 28.0 Å². The van der Waals surface area contributed by atoms with Gasteiger partial charge in [-0.3, -0.25) is 14.4 Å². The Morgan fingerprint density at radius 3 is 1.96 bits per heavy atom. The molecule has 1 rings (SSSR count). The molecule has 27 heavy (non-hydrogen) atoms. The molecule has 0 saturated carbocycles. The van der Waals surface area contributed by atoms with E-state index in [4.69, 9.17) is 0 Å². The van der Waals surface area contributed by atoms with E-state index in [1.807, 2.05) is 0 Å².